The van der Waals surface area contributed by atoms with Gasteiger partial charge in [0.05, 0.1) is 29.2 Å². The number of hydrogen-bond acceptors (Lipinski definition) is 9. The van der Waals surface area contributed by atoms with E-state index in [9.17, 15) is 17.6 Å². The van der Waals surface area contributed by atoms with Crippen molar-refractivity contribution in [2.24, 2.45) is 13.0 Å². The standard InChI is InChI=1S/C27H30FN7O4S/c1-15-9-35(10-16(2)30-15)23-5-4-20(26(36)31-19-6-18-11-34(3)33-24(18)22(28)7-19)25-21(23)8-29-27(32-25)39-12-17-13-40(37,38)14-17/h4-8,11,15-17,30H,9-10,12-14H2,1-3H3,(H,31,36). The zero-order valence-electron chi connectivity index (χ0n) is 22.4. The van der Waals surface area contributed by atoms with Gasteiger partial charge < -0.3 is 20.3 Å². The lowest BCUT2D eigenvalue weighted by molar-refractivity contribution is 0.102. The van der Waals surface area contributed by atoms with Crippen LogP contribution in [0.1, 0.15) is 24.2 Å². The molecule has 0 spiro atoms. The molecule has 1 amide bonds. The minimum Gasteiger partial charge on any atom is -0.463 e. The fourth-order valence-electron chi connectivity index (χ4n) is 5.58. The number of carbonyl (C=O) groups is 1. The fraction of sp³-hybridized carbons (Fsp3) is 0.407. The second kappa shape index (κ2) is 9.97. The number of amides is 1. The van der Waals surface area contributed by atoms with Crippen molar-refractivity contribution < 1.29 is 22.3 Å². The first-order valence-electron chi connectivity index (χ1n) is 13.1. The molecule has 2 unspecified atom stereocenters. The van der Waals surface area contributed by atoms with Gasteiger partial charge in [0.2, 0.25) is 0 Å². The number of carbonyl (C=O) groups excluding carboxylic acids is 1. The summed E-state index contributed by atoms with van der Waals surface area (Å²) in [5, 5.41) is 11.7. The number of nitrogens with one attached hydrogen (secondary N) is 2. The molecule has 13 heteroatoms. The van der Waals surface area contributed by atoms with Gasteiger partial charge in [0.1, 0.15) is 5.52 Å². The van der Waals surface area contributed by atoms with E-state index in [1.165, 1.54) is 10.7 Å². The van der Waals surface area contributed by atoms with E-state index in [1.54, 1.807) is 31.6 Å². The lowest BCUT2D eigenvalue weighted by Gasteiger charge is -2.38. The van der Waals surface area contributed by atoms with Crippen molar-refractivity contribution >= 4 is 48.9 Å². The Balaban J connectivity index is 1.35. The second-order valence-electron chi connectivity index (χ2n) is 10.8. The van der Waals surface area contributed by atoms with Gasteiger partial charge in [-0.3, -0.25) is 9.48 Å². The molecule has 0 radical (unpaired) electrons. The Labute approximate surface area is 230 Å². The van der Waals surface area contributed by atoms with Crippen LogP contribution in [-0.2, 0) is 16.9 Å². The smallest absolute Gasteiger partial charge is 0.316 e. The van der Waals surface area contributed by atoms with Crippen molar-refractivity contribution in [2.45, 2.75) is 25.9 Å². The maximum atomic E-state index is 14.7. The average Bonchev–Trinajstić information content (AvgIpc) is 3.25. The van der Waals surface area contributed by atoms with Gasteiger partial charge >= 0.3 is 6.01 Å². The minimum absolute atomic E-state index is 0.0628. The first kappa shape index (κ1) is 26.4. The Hall–Kier alpha value is -3.84. The van der Waals surface area contributed by atoms with Crippen molar-refractivity contribution in [1.82, 2.24) is 25.1 Å². The fourth-order valence-corrected chi connectivity index (χ4v) is 7.11. The highest BCUT2D eigenvalue weighted by Crippen LogP contribution is 2.32. The maximum Gasteiger partial charge on any atom is 0.316 e. The van der Waals surface area contributed by atoms with E-state index < -0.39 is 21.6 Å². The maximum absolute atomic E-state index is 14.7. The summed E-state index contributed by atoms with van der Waals surface area (Å²) in [6, 6.07) is 7.09. The van der Waals surface area contributed by atoms with Gasteiger partial charge in [0.15, 0.2) is 15.7 Å². The van der Waals surface area contributed by atoms with Crippen LogP contribution < -0.4 is 20.3 Å². The third-order valence-electron chi connectivity index (χ3n) is 7.21. The Morgan fingerprint density at radius 3 is 2.65 bits per heavy atom. The van der Waals surface area contributed by atoms with Crippen LogP contribution in [0.3, 0.4) is 0 Å². The number of ether oxygens (including phenoxy) is 1. The Bertz CT molecular complexity index is 1720. The van der Waals surface area contributed by atoms with Crippen LogP contribution in [-0.4, -0.2) is 77.4 Å². The van der Waals surface area contributed by atoms with Crippen molar-refractivity contribution in [3.05, 3.63) is 48.0 Å². The van der Waals surface area contributed by atoms with Crippen LogP contribution in [0.25, 0.3) is 21.8 Å². The van der Waals surface area contributed by atoms with Crippen LogP contribution in [0.5, 0.6) is 6.01 Å². The number of rotatable bonds is 6. The lowest BCUT2D eigenvalue weighted by atomic mass is 10.0. The van der Waals surface area contributed by atoms with E-state index in [1.807, 2.05) is 6.07 Å². The summed E-state index contributed by atoms with van der Waals surface area (Å²) in [4.78, 5) is 24.8. The van der Waals surface area contributed by atoms with E-state index >= 15 is 0 Å². The molecule has 2 aliphatic rings. The first-order chi connectivity index (χ1) is 19.0. The SMILES string of the molecule is CC1CN(c2ccc(C(=O)Nc3cc(F)c4nn(C)cc4c3)c3nc(OCC4CS(=O)(=O)C4)ncc23)CC(C)N1. The molecule has 210 valence electrons. The molecule has 0 aliphatic carbocycles. The molecule has 2 aliphatic heterocycles. The van der Waals surface area contributed by atoms with Gasteiger partial charge in [-0.1, -0.05) is 0 Å². The molecular weight excluding hydrogens is 537 g/mol. The zero-order valence-corrected chi connectivity index (χ0v) is 23.2. The van der Waals surface area contributed by atoms with Gasteiger partial charge in [0.25, 0.3) is 5.91 Å². The van der Waals surface area contributed by atoms with Gasteiger partial charge in [0, 0.05) is 72.7 Å². The number of sulfone groups is 1. The highest BCUT2D eigenvalue weighted by atomic mass is 32.2. The number of anilines is 2. The topological polar surface area (TPSA) is 131 Å². The quantitative estimate of drug-likeness (QED) is 0.361. The third-order valence-corrected chi connectivity index (χ3v) is 9.17. The zero-order chi connectivity index (χ0) is 28.2. The molecule has 0 saturated carbocycles. The number of aryl methyl sites for hydroxylation is 1. The van der Waals surface area contributed by atoms with Crippen molar-refractivity contribution in [1.29, 1.82) is 0 Å². The van der Waals surface area contributed by atoms with E-state index in [0.29, 0.717) is 22.0 Å². The van der Waals surface area contributed by atoms with E-state index in [4.69, 9.17) is 4.74 Å². The highest BCUT2D eigenvalue weighted by Gasteiger charge is 2.34. The number of benzene rings is 2. The Morgan fingerprint density at radius 2 is 1.93 bits per heavy atom. The molecule has 11 nitrogen and oxygen atoms in total. The molecule has 2 fully saturated rings. The Morgan fingerprint density at radius 1 is 1.18 bits per heavy atom. The summed E-state index contributed by atoms with van der Waals surface area (Å²) < 4.78 is 45.0. The molecule has 6 rings (SSSR count). The highest BCUT2D eigenvalue weighted by molar-refractivity contribution is 7.92. The van der Waals surface area contributed by atoms with Crippen LogP contribution >= 0.6 is 0 Å². The van der Waals surface area contributed by atoms with E-state index in [2.05, 4.69) is 44.4 Å². The number of nitrogens with zero attached hydrogens (tertiary/aromatic N) is 5. The molecule has 2 aromatic heterocycles. The van der Waals surface area contributed by atoms with Gasteiger partial charge in [-0.05, 0) is 38.1 Å². The number of halogens is 1. The molecule has 2 saturated heterocycles. The summed E-state index contributed by atoms with van der Waals surface area (Å²) in [7, 11) is -1.27. The number of piperazine rings is 1. The molecule has 0 bridgehead atoms. The van der Waals surface area contributed by atoms with E-state index in [-0.39, 0.29) is 53.2 Å². The van der Waals surface area contributed by atoms with Gasteiger partial charge in [-0.25, -0.2) is 17.8 Å². The lowest BCUT2D eigenvalue weighted by Crippen LogP contribution is -2.54. The summed E-state index contributed by atoms with van der Waals surface area (Å²) in [5.41, 5.74) is 2.08. The molecule has 40 heavy (non-hydrogen) atoms. The van der Waals surface area contributed by atoms with Crippen molar-refractivity contribution in [2.75, 3.05) is 41.4 Å². The monoisotopic (exact) mass is 567 g/mol. The second-order valence-corrected chi connectivity index (χ2v) is 13.0. The summed E-state index contributed by atoms with van der Waals surface area (Å²) in [5.74, 6) is -0.951. The summed E-state index contributed by atoms with van der Waals surface area (Å²) in [6.45, 7) is 5.94. The molecule has 4 aromatic rings. The Kier molecular flexibility index (Phi) is 6.57. The molecular formula is C27H30FN7O4S. The third kappa shape index (κ3) is 5.18. The van der Waals surface area contributed by atoms with Crippen LogP contribution in [0, 0.1) is 11.7 Å². The largest absolute Gasteiger partial charge is 0.463 e. The number of hydrogen-bond donors (Lipinski definition) is 2. The normalized spacial score (nSPS) is 20.9. The van der Waals surface area contributed by atoms with Gasteiger partial charge in [-0.2, -0.15) is 10.1 Å². The summed E-state index contributed by atoms with van der Waals surface area (Å²) in [6.07, 6.45) is 3.32. The van der Waals surface area contributed by atoms with E-state index in [0.717, 1.165) is 18.8 Å². The first-order valence-corrected chi connectivity index (χ1v) is 14.9. The minimum atomic E-state index is -2.98. The molecule has 2 N–H and O–H groups in total. The predicted molar refractivity (Wildman–Crippen MR) is 150 cm³/mol. The molecule has 2 atom stereocenters. The van der Waals surface area contributed by atoms with Crippen molar-refractivity contribution in [3.63, 3.8) is 0 Å². The van der Waals surface area contributed by atoms with Crippen LogP contribution in [0.2, 0.25) is 0 Å². The molecule has 2 aromatic carbocycles. The van der Waals surface area contributed by atoms with Crippen molar-refractivity contribution in [3.8, 4) is 6.01 Å². The molecule has 4 heterocycles. The average molecular weight is 568 g/mol. The predicted octanol–water partition coefficient (Wildman–Crippen LogP) is 2.52. The summed E-state index contributed by atoms with van der Waals surface area (Å²) >= 11 is 0. The number of fused-ring (bicyclic) bond motifs is 2. The van der Waals surface area contributed by atoms with Crippen LogP contribution in [0.15, 0.2) is 36.7 Å². The number of aromatic nitrogens is 4. The van der Waals surface area contributed by atoms with Gasteiger partial charge in [-0.15, -0.1) is 0 Å². The van der Waals surface area contributed by atoms with Crippen LogP contribution in [0.4, 0.5) is 15.8 Å².